The Hall–Kier alpha value is -1.56. The number of alkyl halides is 3. The Morgan fingerprint density at radius 1 is 1.24 bits per heavy atom. The predicted octanol–water partition coefficient (Wildman–Crippen LogP) is 3.07. The average Bonchev–Trinajstić information content (AvgIpc) is 2.87. The summed E-state index contributed by atoms with van der Waals surface area (Å²) in [5.41, 5.74) is 6.35. The first-order valence-corrected chi connectivity index (χ1v) is 6.96. The highest BCUT2D eigenvalue weighted by Crippen LogP contribution is 2.32. The third kappa shape index (κ3) is 4.46. The molecule has 6 heteroatoms. The topological polar surface area (TPSA) is 52.3 Å². The quantitative estimate of drug-likeness (QED) is 0.909. The van der Waals surface area contributed by atoms with E-state index in [4.69, 9.17) is 5.73 Å². The van der Waals surface area contributed by atoms with Gasteiger partial charge in [-0.15, -0.1) is 13.2 Å². The van der Waals surface area contributed by atoms with Crippen molar-refractivity contribution in [1.82, 2.24) is 0 Å². The van der Waals surface area contributed by atoms with Crippen molar-refractivity contribution in [3.05, 3.63) is 29.8 Å². The van der Waals surface area contributed by atoms with E-state index in [0.717, 1.165) is 19.3 Å². The fourth-order valence-corrected chi connectivity index (χ4v) is 2.88. The van der Waals surface area contributed by atoms with E-state index in [1.165, 1.54) is 24.3 Å². The molecule has 1 saturated carbocycles. The Morgan fingerprint density at radius 2 is 1.90 bits per heavy atom. The fourth-order valence-electron chi connectivity index (χ4n) is 2.88. The van der Waals surface area contributed by atoms with E-state index < -0.39 is 6.36 Å². The Kier molecular flexibility index (Phi) is 4.88. The number of carbonyl (C=O) groups excluding carboxylic acids is 1. The Bertz CT molecular complexity index is 485. The number of nitrogens with two attached hydrogens (primary N) is 1. The van der Waals surface area contributed by atoms with Crippen LogP contribution in [0.1, 0.15) is 24.8 Å². The van der Waals surface area contributed by atoms with Crippen molar-refractivity contribution in [2.24, 2.45) is 17.6 Å². The second-order valence-corrected chi connectivity index (χ2v) is 5.37. The van der Waals surface area contributed by atoms with Gasteiger partial charge in [-0.25, -0.2) is 0 Å². The first kappa shape index (κ1) is 15.8. The highest BCUT2D eigenvalue weighted by atomic mass is 19.4. The third-order valence-corrected chi connectivity index (χ3v) is 3.91. The number of carbonyl (C=O) groups is 1. The first-order chi connectivity index (χ1) is 9.89. The lowest BCUT2D eigenvalue weighted by Gasteiger charge is -2.16. The van der Waals surface area contributed by atoms with Crippen LogP contribution < -0.4 is 10.5 Å². The lowest BCUT2D eigenvalue weighted by Crippen LogP contribution is -2.26. The van der Waals surface area contributed by atoms with Crippen molar-refractivity contribution in [2.45, 2.75) is 32.0 Å². The molecule has 2 unspecified atom stereocenters. The molecule has 0 heterocycles. The smallest absolute Gasteiger partial charge is 0.406 e. The van der Waals surface area contributed by atoms with Crippen LogP contribution in [0.15, 0.2) is 24.3 Å². The zero-order chi connectivity index (χ0) is 15.5. The lowest BCUT2D eigenvalue weighted by atomic mass is 9.89. The van der Waals surface area contributed by atoms with Crippen LogP contribution in [-0.4, -0.2) is 18.7 Å². The van der Waals surface area contributed by atoms with Crippen LogP contribution in [0, 0.1) is 11.8 Å². The molecule has 0 bridgehead atoms. The molecule has 2 atom stereocenters. The molecule has 0 saturated heterocycles. The largest absolute Gasteiger partial charge is 0.573 e. The third-order valence-electron chi connectivity index (χ3n) is 3.91. The highest BCUT2D eigenvalue weighted by molar-refractivity contribution is 5.83. The number of halogens is 3. The zero-order valence-electron chi connectivity index (χ0n) is 11.5. The average molecular weight is 301 g/mol. The summed E-state index contributed by atoms with van der Waals surface area (Å²) in [6, 6.07) is 5.44. The summed E-state index contributed by atoms with van der Waals surface area (Å²) in [7, 11) is 0. The summed E-state index contributed by atoms with van der Waals surface area (Å²) in [5.74, 6) is 0.0678. The van der Waals surface area contributed by atoms with Crippen LogP contribution in [0.2, 0.25) is 0 Å². The maximum atomic E-state index is 12.2. The molecule has 1 fully saturated rings. The molecule has 0 aliphatic heterocycles. The van der Waals surface area contributed by atoms with Gasteiger partial charge in [0.2, 0.25) is 0 Å². The monoisotopic (exact) mass is 301 g/mol. The van der Waals surface area contributed by atoms with E-state index in [-0.39, 0.29) is 29.8 Å². The molecule has 116 valence electrons. The molecule has 1 aliphatic carbocycles. The minimum Gasteiger partial charge on any atom is -0.406 e. The van der Waals surface area contributed by atoms with E-state index in [1.807, 2.05) is 0 Å². The second-order valence-electron chi connectivity index (χ2n) is 5.37. The van der Waals surface area contributed by atoms with Crippen molar-refractivity contribution in [3.63, 3.8) is 0 Å². The molecule has 1 aromatic carbocycles. The van der Waals surface area contributed by atoms with E-state index in [1.54, 1.807) is 0 Å². The maximum Gasteiger partial charge on any atom is 0.573 e. The molecule has 1 aliphatic rings. The molecule has 0 spiro atoms. The molecule has 1 aromatic rings. The lowest BCUT2D eigenvalue weighted by molar-refractivity contribution is -0.274. The number of hydrogen-bond donors (Lipinski definition) is 1. The summed E-state index contributed by atoms with van der Waals surface area (Å²) in [4.78, 5) is 12.2. The predicted molar refractivity (Wildman–Crippen MR) is 71.7 cm³/mol. The number of ether oxygens (including phenoxy) is 1. The van der Waals surface area contributed by atoms with Gasteiger partial charge in [-0.3, -0.25) is 4.79 Å². The van der Waals surface area contributed by atoms with Crippen molar-refractivity contribution in [3.8, 4) is 5.75 Å². The minimum absolute atomic E-state index is 0.0129. The van der Waals surface area contributed by atoms with E-state index >= 15 is 0 Å². The van der Waals surface area contributed by atoms with Gasteiger partial charge in [0.25, 0.3) is 0 Å². The molecule has 3 nitrogen and oxygen atoms in total. The maximum absolute atomic E-state index is 12.2. The summed E-state index contributed by atoms with van der Waals surface area (Å²) in [5, 5.41) is 0. The molecule has 0 amide bonds. The van der Waals surface area contributed by atoms with Crippen molar-refractivity contribution in [2.75, 3.05) is 6.54 Å². The number of Topliss-reactive ketones (excluding diaryl/α,β-unsaturated/α-hetero) is 1. The summed E-state index contributed by atoms with van der Waals surface area (Å²) in [6.45, 7) is 0.509. The van der Waals surface area contributed by atoms with Gasteiger partial charge in [0.15, 0.2) is 0 Å². The number of hydrogen-bond acceptors (Lipinski definition) is 3. The number of rotatable bonds is 5. The van der Waals surface area contributed by atoms with Crippen molar-refractivity contribution >= 4 is 5.78 Å². The molecular weight excluding hydrogens is 283 g/mol. The second kappa shape index (κ2) is 6.47. The van der Waals surface area contributed by atoms with E-state index in [0.29, 0.717) is 12.1 Å². The van der Waals surface area contributed by atoms with E-state index in [2.05, 4.69) is 4.74 Å². The van der Waals surface area contributed by atoms with Gasteiger partial charge in [0.05, 0.1) is 0 Å². The van der Waals surface area contributed by atoms with E-state index in [9.17, 15) is 18.0 Å². The first-order valence-electron chi connectivity index (χ1n) is 6.96. The fraction of sp³-hybridized carbons (Fsp3) is 0.533. The highest BCUT2D eigenvalue weighted by Gasteiger charge is 2.32. The molecule has 2 N–H and O–H groups in total. The molecule has 0 radical (unpaired) electrons. The summed E-state index contributed by atoms with van der Waals surface area (Å²) in [6.07, 6.45) is -1.62. The molecule has 21 heavy (non-hydrogen) atoms. The van der Waals surface area contributed by atoms with Gasteiger partial charge < -0.3 is 10.5 Å². The van der Waals surface area contributed by atoms with Gasteiger partial charge in [-0.1, -0.05) is 18.6 Å². The number of ketones is 1. The molecule has 2 rings (SSSR count). The van der Waals surface area contributed by atoms with Gasteiger partial charge in [0.1, 0.15) is 11.5 Å². The standard InChI is InChI=1S/C15H18F3NO2/c16-15(17,18)21-12-6-4-10(5-7-12)8-14(20)13-3-1-2-11(13)9-19/h4-7,11,13H,1-3,8-9,19H2. The minimum atomic E-state index is -4.70. The number of benzene rings is 1. The van der Waals surface area contributed by atoms with Gasteiger partial charge in [-0.05, 0) is 43.0 Å². The van der Waals surface area contributed by atoms with Gasteiger partial charge in [-0.2, -0.15) is 0 Å². The summed E-state index contributed by atoms with van der Waals surface area (Å²) >= 11 is 0. The normalized spacial score (nSPS) is 22.3. The zero-order valence-corrected chi connectivity index (χ0v) is 11.5. The van der Waals surface area contributed by atoms with Crippen LogP contribution in [0.5, 0.6) is 5.75 Å². The van der Waals surface area contributed by atoms with Crippen LogP contribution in [0.3, 0.4) is 0 Å². The Balaban J connectivity index is 1.95. The van der Waals surface area contributed by atoms with Crippen LogP contribution in [0.4, 0.5) is 13.2 Å². The Morgan fingerprint density at radius 3 is 2.48 bits per heavy atom. The molecule has 0 aromatic heterocycles. The summed E-state index contributed by atoms with van der Waals surface area (Å²) < 4.78 is 39.9. The van der Waals surface area contributed by atoms with Crippen molar-refractivity contribution < 1.29 is 22.7 Å². The van der Waals surface area contributed by atoms with Crippen LogP contribution >= 0.6 is 0 Å². The van der Waals surface area contributed by atoms with Crippen LogP contribution in [0.25, 0.3) is 0 Å². The SMILES string of the molecule is NCC1CCCC1C(=O)Cc1ccc(OC(F)(F)F)cc1. The van der Waals surface area contributed by atoms with Gasteiger partial charge in [0, 0.05) is 12.3 Å². The molecular formula is C15H18F3NO2. The van der Waals surface area contributed by atoms with Gasteiger partial charge >= 0.3 is 6.36 Å². The Labute approximate surface area is 121 Å². The van der Waals surface area contributed by atoms with Crippen LogP contribution in [-0.2, 0) is 11.2 Å². The van der Waals surface area contributed by atoms with Crippen molar-refractivity contribution in [1.29, 1.82) is 0 Å².